The summed E-state index contributed by atoms with van der Waals surface area (Å²) in [5.74, 6) is 0.350. The number of hydrogen-bond donors (Lipinski definition) is 0. The Kier molecular flexibility index (Phi) is 4.55. The van der Waals surface area contributed by atoms with Gasteiger partial charge in [-0.15, -0.1) is 0 Å². The van der Waals surface area contributed by atoms with E-state index in [4.69, 9.17) is 16.3 Å². The molecule has 0 saturated heterocycles. The zero-order valence-electron chi connectivity index (χ0n) is 9.92. The lowest BCUT2D eigenvalue weighted by Crippen LogP contribution is -2.08. The molecule has 20 heavy (non-hydrogen) atoms. The maximum Gasteiger partial charge on any atom is 0.416 e. The first-order valence-corrected chi connectivity index (χ1v) is 6.94. The Morgan fingerprint density at radius 2 is 1.90 bits per heavy atom. The van der Waals surface area contributed by atoms with E-state index in [1.54, 1.807) is 0 Å². The van der Waals surface area contributed by atoms with Gasteiger partial charge in [-0.1, -0.05) is 33.6 Å². The predicted molar refractivity (Wildman–Crippen MR) is 73.4 cm³/mol. The monoisotopic (exact) mass is 365 g/mol. The number of hydrogen-bond acceptors (Lipinski definition) is 2. The van der Waals surface area contributed by atoms with Crippen molar-refractivity contribution in [2.45, 2.75) is 11.5 Å². The first-order chi connectivity index (χ1) is 9.40. The second kappa shape index (κ2) is 6.01. The lowest BCUT2D eigenvalue weighted by molar-refractivity contribution is -0.138. The van der Waals surface area contributed by atoms with Crippen LogP contribution in [0.25, 0.3) is 0 Å². The van der Waals surface area contributed by atoms with Gasteiger partial charge in [-0.25, -0.2) is 0 Å². The normalized spacial score (nSPS) is 11.4. The molecule has 0 spiro atoms. The van der Waals surface area contributed by atoms with Gasteiger partial charge in [-0.05, 0) is 17.7 Å². The summed E-state index contributed by atoms with van der Waals surface area (Å²) in [5, 5.41) is 0.455. The number of aromatic nitrogens is 1. The van der Waals surface area contributed by atoms with Crippen molar-refractivity contribution in [2.75, 3.05) is 0 Å². The smallest absolute Gasteiger partial charge is 0.416 e. The van der Waals surface area contributed by atoms with Gasteiger partial charge in [-0.2, -0.15) is 13.2 Å². The topological polar surface area (TPSA) is 22.1 Å². The Hall–Kier alpha value is -1.27. The molecule has 0 amide bonds. The van der Waals surface area contributed by atoms with Gasteiger partial charge in [0.05, 0.1) is 16.8 Å². The van der Waals surface area contributed by atoms with Gasteiger partial charge in [0, 0.05) is 17.6 Å². The molecule has 0 N–H and O–H groups in total. The molecular weight excluding hydrogens is 358 g/mol. The van der Waals surface area contributed by atoms with Gasteiger partial charge in [0.2, 0.25) is 0 Å². The lowest BCUT2D eigenvalue weighted by Gasteiger charge is -2.13. The standard InChI is InChI=1S/C13H8BrClF3NO/c14-5-8-1-2-10(4-12(8)13(16,17)18)20-11-3-9(15)6-19-7-11/h1-4,6-7H,5H2. The number of rotatable bonds is 3. The molecule has 0 bridgehead atoms. The van der Waals surface area contributed by atoms with Crippen molar-refractivity contribution in [3.63, 3.8) is 0 Å². The van der Waals surface area contributed by atoms with E-state index in [0.29, 0.717) is 5.02 Å². The Balaban J connectivity index is 2.34. The van der Waals surface area contributed by atoms with Crippen LogP contribution >= 0.6 is 27.5 Å². The van der Waals surface area contributed by atoms with E-state index < -0.39 is 11.7 Å². The predicted octanol–water partition coefficient (Wildman–Crippen LogP) is 5.44. The molecule has 2 rings (SSSR count). The van der Waals surface area contributed by atoms with Crippen LogP contribution in [0.3, 0.4) is 0 Å². The molecule has 0 unspecified atom stereocenters. The van der Waals surface area contributed by atoms with Crippen LogP contribution in [0.1, 0.15) is 11.1 Å². The Morgan fingerprint density at radius 1 is 1.15 bits per heavy atom. The van der Waals surface area contributed by atoms with Crippen LogP contribution in [-0.4, -0.2) is 4.98 Å². The Morgan fingerprint density at radius 3 is 2.50 bits per heavy atom. The number of halogens is 5. The van der Waals surface area contributed by atoms with Gasteiger partial charge >= 0.3 is 6.18 Å². The molecule has 1 aromatic carbocycles. The zero-order valence-corrected chi connectivity index (χ0v) is 12.3. The number of ether oxygens (including phenoxy) is 1. The lowest BCUT2D eigenvalue weighted by atomic mass is 10.1. The quantitative estimate of drug-likeness (QED) is 0.675. The first-order valence-electron chi connectivity index (χ1n) is 5.44. The highest BCUT2D eigenvalue weighted by molar-refractivity contribution is 9.08. The van der Waals surface area contributed by atoms with Crippen molar-refractivity contribution in [1.82, 2.24) is 4.98 Å². The van der Waals surface area contributed by atoms with E-state index >= 15 is 0 Å². The van der Waals surface area contributed by atoms with Crippen molar-refractivity contribution in [3.8, 4) is 11.5 Å². The summed E-state index contributed by atoms with van der Waals surface area (Å²) in [6.07, 6.45) is -1.66. The fourth-order valence-electron chi connectivity index (χ4n) is 1.58. The summed E-state index contributed by atoms with van der Waals surface area (Å²) in [6.45, 7) is 0. The van der Waals surface area contributed by atoms with Crippen LogP contribution in [-0.2, 0) is 11.5 Å². The molecule has 1 heterocycles. The third kappa shape index (κ3) is 3.64. The fourth-order valence-corrected chi connectivity index (χ4v) is 2.24. The van der Waals surface area contributed by atoms with Gasteiger partial charge in [0.1, 0.15) is 11.5 Å². The molecule has 2 nitrogen and oxygen atoms in total. The number of pyridine rings is 1. The molecule has 0 atom stereocenters. The largest absolute Gasteiger partial charge is 0.456 e. The summed E-state index contributed by atoms with van der Waals surface area (Å²) in [7, 11) is 0. The second-order valence-electron chi connectivity index (χ2n) is 3.89. The molecule has 106 valence electrons. The average Bonchev–Trinajstić information content (AvgIpc) is 2.37. The van der Waals surface area contributed by atoms with E-state index in [2.05, 4.69) is 20.9 Å². The van der Waals surface area contributed by atoms with Crippen molar-refractivity contribution in [2.24, 2.45) is 0 Å². The maximum atomic E-state index is 12.9. The highest BCUT2D eigenvalue weighted by atomic mass is 79.9. The van der Waals surface area contributed by atoms with E-state index in [1.165, 1.54) is 30.6 Å². The minimum atomic E-state index is -4.44. The van der Waals surface area contributed by atoms with Crippen LogP contribution in [0.15, 0.2) is 36.7 Å². The van der Waals surface area contributed by atoms with Gasteiger partial charge in [0.25, 0.3) is 0 Å². The molecule has 0 saturated carbocycles. The van der Waals surface area contributed by atoms with Crippen LogP contribution < -0.4 is 4.74 Å². The SMILES string of the molecule is FC(F)(F)c1cc(Oc2cncc(Cl)c2)ccc1CBr. The maximum absolute atomic E-state index is 12.9. The van der Waals surface area contributed by atoms with Crippen molar-refractivity contribution in [1.29, 1.82) is 0 Å². The minimum absolute atomic E-state index is 0.0751. The van der Waals surface area contributed by atoms with E-state index in [1.807, 2.05) is 0 Å². The number of alkyl halides is 4. The minimum Gasteiger partial charge on any atom is -0.456 e. The van der Waals surface area contributed by atoms with Crippen LogP contribution in [0, 0.1) is 0 Å². The highest BCUT2D eigenvalue weighted by Gasteiger charge is 2.33. The Bertz CT molecular complexity index is 619. The van der Waals surface area contributed by atoms with E-state index in [-0.39, 0.29) is 22.4 Å². The average molecular weight is 367 g/mol. The molecule has 2 aromatic rings. The molecule has 7 heteroatoms. The fraction of sp³-hybridized carbons (Fsp3) is 0.154. The third-order valence-electron chi connectivity index (χ3n) is 2.45. The number of benzene rings is 1. The van der Waals surface area contributed by atoms with Crippen LogP contribution in [0.5, 0.6) is 11.5 Å². The summed E-state index contributed by atoms with van der Waals surface area (Å²) >= 11 is 8.77. The van der Waals surface area contributed by atoms with Gasteiger partial charge in [0.15, 0.2) is 0 Å². The van der Waals surface area contributed by atoms with Crippen LogP contribution in [0.2, 0.25) is 5.02 Å². The van der Waals surface area contributed by atoms with Crippen molar-refractivity contribution >= 4 is 27.5 Å². The summed E-state index contributed by atoms with van der Waals surface area (Å²) < 4.78 is 44.1. The summed E-state index contributed by atoms with van der Waals surface area (Å²) in [4.78, 5) is 3.80. The highest BCUT2D eigenvalue weighted by Crippen LogP contribution is 2.36. The molecule has 0 aliphatic heterocycles. The molecule has 0 radical (unpaired) electrons. The van der Waals surface area contributed by atoms with Crippen molar-refractivity contribution in [3.05, 3.63) is 52.8 Å². The molecule has 0 aliphatic carbocycles. The van der Waals surface area contributed by atoms with Gasteiger partial charge < -0.3 is 4.74 Å². The molecule has 0 aliphatic rings. The molecule has 0 fully saturated rings. The van der Waals surface area contributed by atoms with E-state index in [9.17, 15) is 13.2 Å². The number of nitrogens with zero attached hydrogens (tertiary/aromatic N) is 1. The second-order valence-corrected chi connectivity index (χ2v) is 4.89. The van der Waals surface area contributed by atoms with Crippen LogP contribution in [0.4, 0.5) is 13.2 Å². The van der Waals surface area contributed by atoms with Crippen molar-refractivity contribution < 1.29 is 17.9 Å². The Labute approximate surface area is 126 Å². The summed E-state index contributed by atoms with van der Waals surface area (Å²) in [5.41, 5.74) is -0.587. The first kappa shape index (κ1) is 15.1. The third-order valence-corrected chi connectivity index (χ3v) is 3.26. The molecule has 1 aromatic heterocycles. The summed E-state index contributed by atoms with van der Waals surface area (Å²) in [6, 6.07) is 5.26. The zero-order chi connectivity index (χ0) is 14.8. The van der Waals surface area contributed by atoms with Gasteiger partial charge in [-0.3, -0.25) is 4.98 Å². The molecular formula is C13H8BrClF3NO. The van der Waals surface area contributed by atoms with E-state index in [0.717, 1.165) is 6.07 Å².